The summed E-state index contributed by atoms with van der Waals surface area (Å²) < 4.78 is 0. The lowest BCUT2D eigenvalue weighted by molar-refractivity contribution is -0.121. The second-order valence-electron chi connectivity index (χ2n) is 6.38. The number of nitrogens with one attached hydrogen (secondary N) is 1. The molecule has 1 N–H and O–H groups in total. The molecule has 0 saturated heterocycles. The smallest absolute Gasteiger partial charge is 0.274 e. The fourth-order valence-electron chi connectivity index (χ4n) is 3.10. The molecule has 0 aliphatic carbocycles. The van der Waals surface area contributed by atoms with Crippen LogP contribution in [-0.2, 0) is 16.0 Å². The molecule has 1 unspecified atom stereocenters. The van der Waals surface area contributed by atoms with Crippen LogP contribution in [0.4, 0.5) is 5.69 Å². The molecule has 0 fully saturated rings. The Labute approximate surface area is 130 Å². The van der Waals surface area contributed by atoms with Gasteiger partial charge in [-0.3, -0.25) is 9.59 Å². The van der Waals surface area contributed by atoms with Gasteiger partial charge in [0, 0.05) is 25.1 Å². The van der Waals surface area contributed by atoms with E-state index in [0.717, 1.165) is 12.1 Å². The van der Waals surface area contributed by atoms with Crippen LogP contribution in [0.3, 0.4) is 0 Å². The van der Waals surface area contributed by atoms with E-state index in [2.05, 4.69) is 43.4 Å². The molecule has 2 aliphatic rings. The maximum Gasteiger partial charge on any atom is 0.274 e. The Morgan fingerprint density at radius 3 is 2.68 bits per heavy atom. The Hall–Kier alpha value is -2.17. The van der Waals surface area contributed by atoms with Gasteiger partial charge in [-0.15, -0.1) is 0 Å². The average Bonchev–Trinajstić information content (AvgIpc) is 2.48. The van der Waals surface area contributed by atoms with Crippen molar-refractivity contribution in [3.63, 3.8) is 0 Å². The number of fused-ring (bicyclic) bond motifs is 1. The van der Waals surface area contributed by atoms with E-state index in [4.69, 9.17) is 0 Å². The van der Waals surface area contributed by atoms with Gasteiger partial charge in [-0.25, -0.2) is 5.43 Å². The van der Waals surface area contributed by atoms with Crippen molar-refractivity contribution < 1.29 is 9.59 Å². The number of nitrogens with zero attached hydrogens (tertiary/aromatic N) is 2. The van der Waals surface area contributed by atoms with E-state index in [9.17, 15) is 9.59 Å². The first-order valence-electron chi connectivity index (χ1n) is 7.73. The van der Waals surface area contributed by atoms with Crippen molar-refractivity contribution in [2.45, 2.75) is 40.0 Å². The molecule has 2 amide bonds. The minimum atomic E-state index is -0.129. The quantitative estimate of drug-likeness (QED) is 0.863. The number of aryl methyl sites for hydroxylation is 2. The number of anilines is 1. The van der Waals surface area contributed by atoms with Crippen molar-refractivity contribution in [2.24, 2.45) is 11.0 Å². The Balaban J connectivity index is 1.96. The van der Waals surface area contributed by atoms with Crippen molar-refractivity contribution in [2.75, 3.05) is 11.4 Å². The van der Waals surface area contributed by atoms with E-state index in [-0.39, 0.29) is 11.8 Å². The summed E-state index contributed by atoms with van der Waals surface area (Å²) in [4.78, 5) is 25.8. The summed E-state index contributed by atoms with van der Waals surface area (Å²) >= 11 is 0. The molecule has 0 aromatic heterocycles. The Kier molecular flexibility index (Phi) is 3.72. The third-order valence-corrected chi connectivity index (χ3v) is 4.44. The molecule has 3 rings (SSSR count). The molecule has 2 aliphatic heterocycles. The fraction of sp³-hybridized carbons (Fsp3) is 0.471. The monoisotopic (exact) mass is 299 g/mol. The molecule has 5 nitrogen and oxygen atoms in total. The minimum absolute atomic E-state index is 0.0870. The highest BCUT2D eigenvalue weighted by atomic mass is 16.2. The summed E-state index contributed by atoms with van der Waals surface area (Å²) in [7, 11) is 0. The average molecular weight is 299 g/mol. The molecule has 0 saturated carbocycles. The molecule has 1 aromatic rings. The van der Waals surface area contributed by atoms with Gasteiger partial charge in [0.15, 0.2) is 0 Å². The number of rotatable bonds is 1. The van der Waals surface area contributed by atoms with Gasteiger partial charge in [-0.1, -0.05) is 13.0 Å². The molecule has 5 heteroatoms. The highest BCUT2D eigenvalue weighted by Crippen LogP contribution is 2.32. The highest BCUT2D eigenvalue weighted by Gasteiger charge is 2.30. The molecule has 116 valence electrons. The Morgan fingerprint density at radius 1 is 1.27 bits per heavy atom. The SMILES string of the molecule is Cc1cc2c(cc1C)N(C(=O)C1=NNC(=O)CC1)CC(C)C2. The van der Waals surface area contributed by atoms with Crippen LogP contribution < -0.4 is 10.3 Å². The summed E-state index contributed by atoms with van der Waals surface area (Å²) in [6.45, 7) is 7.01. The van der Waals surface area contributed by atoms with E-state index >= 15 is 0 Å². The van der Waals surface area contributed by atoms with Crippen LogP contribution >= 0.6 is 0 Å². The molecule has 22 heavy (non-hydrogen) atoms. The standard InChI is InChI=1S/C17H21N3O2/c1-10-6-13-7-11(2)12(3)8-15(13)20(9-10)17(22)14-4-5-16(21)19-18-14/h7-8,10H,4-6,9H2,1-3H3,(H,19,21). The van der Waals surface area contributed by atoms with E-state index < -0.39 is 0 Å². The third kappa shape index (κ3) is 2.63. The molecular formula is C17H21N3O2. The number of benzene rings is 1. The van der Waals surface area contributed by atoms with Crippen molar-refractivity contribution in [3.05, 3.63) is 28.8 Å². The van der Waals surface area contributed by atoms with Gasteiger partial charge in [0.05, 0.1) is 0 Å². The van der Waals surface area contributed by atoms with Crippen molar-refractivity contribution >= 4 is 23.2 Å². The molecule has 0 radical (unpaired) electrons. The zero-order valence-electron chi connectivity index (χ0n) is 13.3. The highest BCUT2D eigenvalue weighted by molar-refractivity contribution is 6.44. The largest absolute Gasteiger partial charge is 0.307 e. The first kappa shape index (κ1) is 14.8. The van der Waals surface area contributed by atoms with Crippen LogP contribution in [0.1, 0.15) is 36.5 Å². The van der Waals surface area contributed by atoms with Crippen LogP contribution in [0.5, 0.6) is 0 Å². The number of carbonyl (C=O) groups excluding carboxylic acids is 2. The zero-order chi connectivity index (χ0) is 15.9. The van der Waals surface area contributed by atoms with E-state index in [0.29, 0.717) is 31.0 Å². The van der Waals surface area contributed by atoms with Gasteiger partial charge < -0.3 is 4.90 Å². The van der Waals surface area contributed by atoms with Crippen molar-refractivity contribution in [3.8, 4) is 0 Å². The van der Waals surface area contributed by atoms with E-state index in [1.54, 1.807) is 0 Å². The Bertz CT molecular complexity index is 679. The molecule has 0 spiro atoms. The van der Waals surface area contributed by atoms with Gasteiger partial charge in [0.25, 0.3) is 5.91 Å². The summed E-state index contributed by atoms with van der Waals surface area (Å²) in [5.41, 5.74) is 7.50. The second-order valence-corrected chi connectivity index (χ2v) is 6.38. The molecule has 2 heterocycles. The van der Waals surface area contributed by atoms with Crippen LogP contribution in [0.15, 0.2) is 17.2 Å². The van der Waals surface area contributed by atoms with Crippen LogP contribution in [0, 0.1) is 19.8 Å². The molecule has 1 atom stereocenters. The van der Waals surface area contributed by atoms with Gasteiger partial charge in [-0.2, -0.15) is 5.10 Å². The second kappa shape index (κ2) is 5.55. The van der Waals surface area contributed by atoms with Crippen molar-refractivity contribution in [1.82, 2.24) is 5.43 Å². The third-order valence-electron chi connectivity index (χ3n) is 4.44. The first-order chi connectivity index (χ1) is 10.5. The number of hydrazone groups is 1. The maximum absolute atomic E-state index is 12.8. The number of hydrogen-bond acceptors (Lipinski definition) is 3. The maximum atomic E-state index is 12.8. The topological polar surface area (TPSA) is 61.8 Å². The van der Waals surface area contributed by atoms with Crippen LogP contribution in [-0.4, -0.2) is 24.1 Å². The zero-order valence-corrected chi connectivity index (χ0v) is 13.3. The number of amides is 2. The normalized spacial score (nSPS) is 21.0. The minimum Gasteiger partial charge on any atom is -0.307 e. The lowest BCUT2D eigenvalue weighted by Crippen LogP contribution is -2.45. The van der Waals surface area contributed by atoms with E-state index in [1.165, 1.54) is 16.7 Å². The lowest BCUT2D eigenvalue weighted by atomic mass is 9.90. The van der Waals surface area contributed by atoms with Gasteiger partial charge in [0.2, 0.25) is 5.91 Å². The number of hydrogen-bond donors (Lipinski definition) is 1. The molecule has 0 bridgehead atoms. The van der Waals surface area contributed by atoms with E-state index in [1.807, 2.05) is 4.90 Å². The lowest BCUT2D eigenvalue weighted by Gasteiger charge is -2.34. The fourth-order valence-corrected chi connectivity index (χ4v) is 3.10. The predicted octanol–water partition coefficient (Wildman–Crippen LogP) is 2.09. The number of carbonyl (C=O) groups is 2. The van der Waals surface area contributed by atoms with Crippen LogP contribution in [0.2, 0.25) is 0 Å². The van der Waals surface area contributed by atoms with Gasteiger partial charge in [0.1, 0.15) is 5.71 Å². The molecular weight excluding hydrogens is 278 g/mol. The van der Waals surface area contributed by atoms with Gasteiger partial charge in [-0.05, 0) is 48.9 Å². The first-order valence-corrected chi connectivity index (χ1v) is 7.73. The summed E-state index contributed by atoms with van der Waals surface area (Å²) in [5.74, 6) is 0.198. The van der Waals surface area contributed by atoms with Crippen molar-refractivity contribution in [1.29, 1.82) is 0 Å². The summed E-state index contributed by atoms with van der Waals surface area (Å²) in [6, 6.07) is 4.28. The Morgan fingerprint density at radius 2 is 2.00 bits per heavy atom. The molecule has 1 aromatic carbocycles. The summed E-state index contributed by atoms with van der Waals surface area (Å²) in [5, 5.41) is 3.95. The van der Waals surface area contributed by atoms with Crippen LogP contribution in [0.25, 0.3) is 0 Å². The van der Waals surface area contributed by atoms with Gasteiger partial charge >= 0.3 is 0 Å². The predicted molar refractivity (Wildman–Crippen MR) is 85.9 cm³/mol. The summed E-state index contributed by atoms with van der Waals surface area (Å²) in [6.07, 6.45) is 1.73.